The molecule has 0 aliphatic rings. The van der Waals surface area contributed by atoms with Crippen molar-refractivity contribution in [3.63, 3.8) is 0 Å². The minimum absolute atomic E-state index is 0.0268. The quantitative estimate of drug-likeness (QED) is 0.656. The van der Waals surface area contributed by atoms with Crippen molar-refractivity contribution >= 4 is 23.6 Å². The highest BCUT2D eigenvalue weighted by molar-refractivity contribution is 6.31. The first-order valence-corrected chi connectivity index (χ1v) is 6.09. The monoisotopic (exact) mass is 282 g/mol. The topological polar surface area (TPSA) is 79.9 Å². The maximum atomic E-state index is 11.7. The molecule has 1 aromatic rings. The fraction of sp³-hybridized carbons (Fsp3) is 0.417. The molecule has 1 rings (SSSR count). The fourth-order valence-electron chi connectivity index (χ4n) is 1.42. The molecule has 0 aliphatic heterocycles. The van der Waals surface area contributed by atoms with Crippen LogP contribution in [0.1, 0.15) is 19.0 Å². The highest BCUT2D eigenvalue weighted by atomic mass is 35.5. The van der Waals surface area contributed by atoms with E-state index in [4.69, 9.17) is 21.6 Å². The number of rotatable bonds is 5. The van der Waals surface area contributed by atoms with E-state index in [1.165, 1.54) is 13.2 Å². The molecular formula is C12H15ClN4O2. The van der Waals surface area contributed by atoms with Crippen LogP contribution in [0, 0.1) is 11.3 Å². The van der Waals surface area contributed by atoms with E-state index in [9.17, 15) is 4.79 Å². The number of aromatic nitrogens is 2. The van der Waals surface area contributed by atoms with Gasteiger partial charge in [-0.25, -0.2) is 0 Å². The number of amides is 1. The second-order valence-electron chi connectivity index (χ2n) is 3.76. The van der Waals surface area contributed by atoms with E-state index in [1.807, 2.05) is 13.0 Å². The van der Waals surface area contributed by atoms with Crippen LogP contribution in [0.2, 0.25) is 5.15 Å². The van der Waals surface area contributed by atoms with Gasteiger partial charge in [-0.05, 0) is 12.5 Å². The predicted octanol–water partition coefficient (Wildman–Crippen LogP) is 1.52. The normalized spacial score (nSPS) is 11.0. The van der Waals surface area contributed by atoms with Crippen LogP contribution in [0.5, 0.6) is 6.01 Å². The molecule has 0 unspecified atom stereocenters. The van der Waals surface area contributed by atoms with Crippen LogP contribution in [-0.2, 0) is 11.8 Å². The number of hydrogen-bond acceptors (Lipinski definition) is 4. The number of nitrogens with zero attached hydrogens (tertiary/aromatic N) is 3. The Balaban J connectivity index is 3.08. The van der Waals surface area contributed by atoms with Crippen molar-refractivity contribution in [2.75, 3.05) is 13.7 Å². The van der Waals surface area contributed by atoms with E-state index >= 15 is 0 Å². The molecule has 6 nitrogen and oxygen atoms in total. The van der Waals surface area contributed by atoms with Crippen molar-refractivity contribution in [2.24, 2.45) is 7.05 Å². The Kier molecular flexibility index (Phi) is 5.39. The van der Waals surface area contributed by atoms with Gasteiger partial charge in [-0.1, -0.05) is 18.5 Å². The average Bonchev–Trinajstić information content (AvgIpc) is 2.68. The molecule has 0 spiro atoms. The molecule has 0 bridgehead atoms. The first-order chi connectivity index (χ1) is 9.04. The summed E-state index contributed by atoms with van der Waals surface area (Å²) in [7, 11) is 3.15. The van der Waals surface area contributed by atoms with E-state index in [-0.39, 0.29) is 10.7 Å². The lowest BCUT2D eigenvalue weighted by atomic mass is 10.2. The molecule has 0 aromatic carbocycles. The standard InChI is InChI=1S/C12H15ClN4O2/c1-4-5-15-11(18)8(7-14)6-9-10(13)16-12(19-3)17(9)2/h6H,4-5H2,1-3H3,(H,15,18)/b8-6+. The minimum atomic E-state index is -0.430. The van der Waals surface area contributed by atoms with Gasteiger partial charge in [0, 0.05) is 13.6 Å². The summed E-state index contributed by atoms with van der Waals surface area (Å²) in [5, 5.41) is 11.8. The van der Waals surface area contributed by atoms with Gasteiger partial charge in [0.2, 0.25) is 0 Å². The first kappa shape index (κ1) is 15.1. The van der Waals surface area contributed by atoms with Crippen molar-refractivity contribution in [3.05, 3.63) is 16.4 Å². The molecule has 102 valence electrons. The molecule has 1 amide bonds. The lowest BCUT2D eigenvalue weighted by Gasteiger charge is -2.03. The van der Waals surface area contributed by atoms with Gasteiger partial charge in [-0.3, -0.25) is 9.36 Å². The van der Waals surface area contributed by atoms with Crippen LogP contribution in [0.15, 0.2) is 5.57 Å². The van der Waals surface area contributed by atoms with Crippen LogP contribution in [-0.4, -0.2) is 29.1 Å². The Morgan fingerprint density at radius 1 is 1.68 bits per heavy atom. The molecule has 0 saturated heterocycles. The zero-order valence-electron chi connectivity index (χ0n) is 11.0. The van der Waals surface area contributed by atoms with Gasteiger partial charge in [0.25, 0.3) is 11.9 Å². The molecule has 0 aliphatic carbocycles. The number of methoxy groups -OCH3 is 1. The van der Waals surface area contributed by atoms with E-state index in [0.29, 0.717) is 18.2 Å². The number of hydrogen-bond donors (Lipinski definition) is 1. The maximum Gasteiger partial charge on any atom is 0.297 e. The average molecular weight is 283 g/mol. The Hall–Kier alpha value is -2.00. The largest absolute Gasteiger partial charge is 0.468 e. The molecular weight excluding hydrogens is 268 g/mol. The summed E-state index contributed by atoms with van der Waals surface area (Å²) in [5.41, 5.74) is 0.419. The Labute approximate surface area is 116 Å². The molecule has 7 heteroatoms. The molecule has 0 radical (unpaired) electrons. The lowest BCUT2D eigenvalue weighted by molar-refractivity contribution is -0.117. The van der Waals surface area contributed by atoms with Gasteiger partial charge in [0.1, 0.15) is 11.6 Å². The third-order valence-corrected chi connectivity index (χ3v) is 2.70. The fourth-order valence-corrected chi connectivity index (χ4v) is 1.67. The number of carbonyl (C=O) groups is 1. The summed E-state index contributed by atoms with van der Waals surface area (Å²) in [5.74, 6) is -0.430. The Bertz CT molecular complexity index is 543. The van der Waals surface area contributed by atoms with Crippen LogP contribution in [0.4, 0.5) is 0 Å². The summed E-state index contributed by atoms with van der Waals surface area (Å²) >= 11 is 5.94. The molecule has 1 heterocycles. The number of imidazole rings is 1. The Morgan fingerprint density at radius 3 is 2.84 bits per heavy atom. The number of halogens is 1. The second-order valence-corrected chi connectivity index (χ2v) is 4.12. The molecule has 1 aromatic heterocycles. The van der Waals surface area contributed by atoms with Gasteiger partial charge in [-0.2, -0.15) is 10.2 Å². The van der Waals surface area contributed by atoms with Crippen molar-refractivity contribution in [3.8, 4) is 12.1 Å². The molecule has 1 N–H and O–H groups in total. The molecule has 0 saturated carbocycles. The van der Waals surface area contributed by atoms with Crippen molar-refractivity contribution < 1.29 is 9.53 Å². The van der Waals surface area contributed by atoms with Gasteiger partial charge in [0.05, 0.1) is 12.8 Å². The van der Waals surface area contributed by atoms with Gasteiger partial charge < -0.3 is 10.1 Å². The minimum Gasteiger partial charge on any atom is -0.468 e. The molecule has 0 atom stereocenters. The van der Waals surface area contributed by atoms with Crippen LogP contribution in [0.3, 0.4) is 0 Å². The number of ether oxygens (including phenoxy) is 1. The van der Waals surface area contributed by atoms with E-state index in [1.54, 1.807) is 11.6 Å². The van der Waals surface area contributed by atoms with Crippen LogP contribution < -0.4 is 10.1 Å². The maximum absolute atomic E-state index is 11.7. The summed E-state index contributed by atoms with van der Waals surface area (Å²) < 4.78 is 6.56. The second kappa shape index (κ2) is 6.81. The molecule has 0 fully saturated rings. The zero-order chi connectivity index (χ0) is 14.4. The van der Waals surface area contributed by atoms with E-state index in [2.05, 4.69) is 10.3 Å². The van der Waals surface area contributed by atoms with Crippen molar-refractivity contribution in [2.45, 2.75) is 13.3 Å². The lowest BCUT2D eigenvalue weighted by Crippen LogP contribution is -2.25. The van der Waals surface area contributed by atoms with E-state index in [0.717, 1.165) is 6.42 Å². The highest BCUT2D eigenvalue weighted by Crippen LogP contribution is 2.23. The summed E-state index contributed by atoms with van der Waals surface area (Å²) in [6.07, 6.45) is 2.19. The van der Waals surface area contributed by atoms with Gasteiger partial charge in [-0.15, -0.1) is 0 Å². The third kappa shape index (κ3) is 3.48. The zero-order valence-corrected chi connectivity index (χ0v) is 11.8. The SMILES string of the molecule is CCCNC(=O)/C(C#N)=C/c1c(Cl)nc(OC)n1C. The summed E-state index contributed by atoms with van der Waals surface area (Å²) in [4.78, 5) is 15.7. The summed E-state index contributed by atoms with van der Waals surface area (Å²) in [6.45, 7) is 2.44. The third-order valence-electron chi connectivity index (χ3n) is 2.42. The summed E-state index contributed by atoms with van der Waals surface area (Å²) in [6, 6.07) is 2.16. The van der Waals surface area contributed by atoms with Crippen molar-refractivity contribution in [1.29, 1.82) is 5.26 Å². The van der Waals surface area contributed by atoms with Crippen LogP contribution >= 0.6 is 11.6 Å². The highest BCUT2D eigenvalue weighted by Gasteiger charge is 2.15. The number of carbonyl (C=O) groups excluding carboxylic acids is 1. The van der Waals surface area contributed by atoms with Gasteiger partial charge >= 0.3 is 0 Å². The number of nitriles is 1. The van der Waals surface area contributed by atoms with Gasteiger partial charge in [0.15, 0.2) is 5.15 Å². The number of nitrogens with one attached hydrogen (secondary N) is 1. The molecule has 19 heavy (non-hydrogen) atoms. The Morgan fingerprint density at radius 2 is 2.37 bits per heavy atom. The van der Waals surface area contributed by atoms with Crippen LogP contribution in [0.25, 0.3) is 6.08 Å². The first-order valence-electron chi connectivity index (χ1n) is 5.71. The predicted molar refractivity (Wildman–Crippen MR) is 71.7 cm³/mol. The van der Waals surface area contributed by atoms with Crippen molar-refractivity contribution in [1.82, 2.24) is 14.9 Å². The van der Waals surface area contributed by atoms with E-state index < -0.39 is 5.91 Å². The smallest absolute Gasteiger partial charge is 0.297 e.